The number of carboxylic acid groups (broad SMARTS) is 1. The summed E-state index contributed by atoms with van der Waals surface area (Å²) in [6.07, 6.45) is 5.29. The van der Waals surface area contributed by atoms with Crippen LogP contribution in [0, 0.1) is 5.92 Å². The van der Waals surface area contributed by atoms with E-state index in [1.165, 1.54) is 24.8 Å². The SMILES string of the molecule is CN1C(=O)OC(N2CCN(CC(=O)O)CC2)C1CCCC1CCN(Cc2ccccc2)CC1. The molecule has 0 aromatic heterocycles. The number of nitrogens with zero attached hydrogens (tertiary/aromatic N) is 4. The molecule has 2 atom stereocenters. The minimum atomic E-state index is -0.792. The Morgan fingerprint density at radius 1 is 1.00 bits per heavy atom. The average molecular weight is 459 g/mol. The van der Waals surface area contributed by atoms with Gasteiger partial charge in [0.2, 0.25) is 0 Å². The van der Waals surface area contributed by atoms with Crippen LogP contribution < -0.4 is 0 Å². The molecule has 0 aliphatic carbocycles. The van der Waals surface area contributed by atoms with E-state index in [1.54, 1.807) is 4.90 Å². The topological polar surface area (TPSA) is 76.6 Å². The molecule has 0 bridgehead atoms. The Kier molecular flexibility index (Phi) is 8.22. The molecule has 0 spiro atoms. The number of carbonyl (C=O) groups is 2. The lowest BCUT2D eigenvalue weighted by molar-refractivity contribution is -0.139. The molecule has 182 valence electrons. The lowest BCUT2D eigenvalue weighted by Gasteiger charge is -2.38. The molecular weight excluding hydrogens is 420 g/mol. The van der Waals surface area contributed by atoms with Crippen molar-refractivity contribution in [1.82, 2.24) is 19.6 Å². The standard InChI is InChI=1S/C25H38N4O4/c1-26-22(24(33-25(26)32)29-16-14-28(15-17-29)19-23(30)31)9-5-8-20-10-12-27(13-11-20)18-21-6-3-2-4-7-21/h2-4,6-7,20,22,24H,5,8-19H2,1H3,(H,30,31). The zero-order chi connectivity index (χ0) is 23.2. The van der Waals surface area contributed by atoms with Gasteiger partial charge in [0.05, 0.1) is 12.6 Å². The first-order valence-corrected chi connectivity index (χ1v) is 12.4. The van der Waals surface area contributed by atoms with Gasteiger partial charge in [0.25, 0.3) is 0 Å². The highest BCUT2D eigenvalue weighted by molar-refractivity contribution is 5.70. The van der Waals surface area contributed by atoms with Gasteiger partial charge in [0, 0.05) is 39.8 Å². The Morgan fingerprint density at radius 2 is 1.70 bits per heavy atom. The first-order chi connectivity index (χ1) is 16.0. The number of carboxylic acids is 1. The van der Waals surface area contributed by atoms with Gasteiger partial charge < -0.3 is 14.7 Å². The molecule has 3 fully saturated rings. The minimum absolute atomic E-state index is 0.0710. The van der Waals surface area contributed by atoms with Gasteiger partial charge >= 0.3 is 12.1 Å². The number of likely N-dealkylation sites (tertiary alicyclic amines) is 1. The number of hydrogen-bond acceptors (Lipinski definition) is 6. The molecule has 2 unspecified atom stereocenters. The van der Waals surface area contributed by atoms with E-state index >= 15 is 0 Å². The number of benzene rings is 1. The van der Waals surface area contributed by atoms with Crippen molar-refractivity contribution in [2.24, 2.45) is 5.92 Å². The fourth-order valence-corrected chi connectivity index (χ4v) is 5.50. The molecule has 3 heterocycles. The first-order valence-electron chi connectivity index (χ1n) is 12.4. The number of hydrogen-bond donors (Lipinski definition) is 1. The Morgan fingerprint density at radius 3 is 2.36 bits per heavy atom. The van der Waals surface area contributed by atoms with Gasteiger partial charge in [-0.05, 0) is 43.8 Å². The van der Waals surface area contributed by atoms with Gasteiger partial charge in [0.15, 0.2) is 6.23 Å². The average Bonchev–Trinajstić information content (AvgIpc) is 3.09. The molecule has 1 N–H and O–H groups in total. The summed E-state index contributed by atoms with van der Waals surface area (Å²) < 4.78 is 5.73. The zero-order valence-corrected chi connectivity index (χ0v) is 19.8. The van der Waals surface area contributed by atoms with Crippen molar-refractivity contribution in [2.75, 3.05) is 52.9 Å². The molecule has 8 heteroatoms. The summed E-state index contributed by atoms with van der Waals surface area (Å²) in [5.41, 5.74) is 1.39. The molecule has 8 nitrogen and oxygen atoms in total. The third-order valence-electron chi connectivity index (χ3n) is 7.53. The second-order valence-electron chi connectivity index (χ2n) is 9.79. The maximum Gasteiger partial charge on any atom is 0.411 e. The monoisotopic (exact) mass is 458 g/mol. The largest absolute Gasteiger partial charge is 0.480 e. The number of aliphatic carboxylic acids is 1. The first kappa shape index (κ1) is 24.0. The lowest BCUT2D eigenvalue weighted by atomic mass is 9.90. The highest BCUT2D eigenvalue weighted by Crippen LogP contribution is 2.29. The summed E-state index contributed by atoms with van der Waals surface area (Å²) in [4.78, 5) is 31.7. The molecule has 0 saturated carbocycles. The van der Waals surface area contributed by atoms with Crippen molar-refractivity contribution in [3.05, 3.63) is 35.9 Å². The van der Waals surface area contributed by atoms with Crippen molar-refractivity contribution in [1.29, 1.82) is 0 Å². The van der Waals surface area contributed by atoms with Crippen LogP contribution in [0.5, 0.6) is 0 Å². The maximum atomic E-state index is 12.3. The van der Waals surface area contributed by atoms with E-state index in [9.17, 15) is 9.59 Å². The highest BCUT2D eigenvalue weighted by Gasteiger charge is 2.43. The molecule has 3 saturated heterocycles. The van der Waals surface area contributed by atoms with Crippen LogP contribution >= 0.6 is 0 Å². The summed E-state index contributed by atoms with van der Waals surface area (Å²) in [5.74, 6) is -0.0300. The smallest absolute Gasteiger partial charge is 0.411 e. The van der Waals surface area contributed by atoms with E-state index in [0.717, 1.165) is 51.5 Å². The van der Waals surface area contributed by atoms with E-state index < -0.39 is 5.97 Å². The van der Waals surface area contributed by atoms with Crippen molar-refractivity contribution < 1.29 is 19.4 Å². The van der Waals surface area contributed by atoms with Gasteiger partial charge in [-0.2, -0.15) is 0 Å². The quantitative estimate of drug-likeness (QED) is 0.609. The Labute approximate surface area is 197 Å². The number of likely N-dealkylation sites (N-methyl/N-ethyl adjacent to an activating group) is 1. The molecule has 1 aromatic rings. The Balaban J connectivity index is 1.19. The van der Waals surface area contributed by atoms with Crippen LogP contribution in [0.4, 0.5) is 4.79 Å². The molecular formula is C25H38N4O4. The number of rotatable bonds is 9. The van der Waals surface area contributed by atoms with Crippen molar-refractivity contribution in [3.8, 4) is 0 Å². The normalized spacial score (nSPS) is 26.0. The molecule has 0 radical (unpaired) electrons. The number of piperazine rings is 1. The summed E-state index contributed by atoms with van der Waals surface area (Å²) in [5, 5.41) is 9.01. The van der Waals surface area contributed by atoms with Crippen LogP contribution in [0.3, 0.4) is 0 Å². The molecule has 33 heavy (non-hydrogen) atoms. The third kappa shape index (κ3) is 6.46. The summed E-state index contributed by atoms with van der Waals surface area (Å²) in [6, 6.07) is 10.8. The van der Waals surface area contributed by atoms with E-state index in [4.69, 9.17) is 9.84 Å². The molecule has 4 rings (SSSR count). The van der Waals surface area contributed by atoms with E-state index in [2.05, 4.69) is 40.1 Å². The van der Waals surface area contributed by atoms with Gasteiger partial charge in [-0.1, -0.05) is 43.2 Å². The van der Waals surface area contributed by atoms with E-state index in [-0.39, 0.29) is 24.9 Å². The summed E-state index contributed by atoms with van der Waals surface area (Å²) >= 11 is 0. The third-order valence-corrected chi connectivity index (χ3v) is 7.53. The number of amides is 1. The lowest BCUT2D eigenvalue weighted by Crippen LogP contribution is -2.54. The molecule has 1 aromatic carbocycles. The van der Waals surface area contributed by atoms with Gasteiger partial charge in [-0.3, -0.25) is 19.5 Å². The molecule has 3 aliphatic rings. The van der Waals surface area contributed by atoms with Gasteiger partial charge in [0.1, 0.15) is 0 Å². The fraction of sp³-hybridized carbons (Fsp3) is 0.680. The predicted molar refractivity (Wildman–Crippen MR) is 126 cm³/mol. The number of carbonyl (C=O) groups excluding carboxylic acids is 1. The van der Waals surface area contributed by atoms with E-state index in [0.29, 0.717) is 13.1 Å². The van der Waals surface area contributed by atoms with Crippen LogP contribution in [0.1, 0.15) is 37.7 Å². The van der Waals surface area contributed by atoms with Gasteiger partial charge in [-0.15, -0.1) is 0 Å². The van der Waals surface area contributed by atoms with E-state index in [1.807, 2.05) is 11.9 Å². The van der Waals surface area contributed by atoms with Crippen LogP contribution in [-0.2, 0) is 16.1 Å². The number of cyclic esters (lactones) is 1. The van der Waals surface area contributed by atoms with Crippen molar-refractivity contribution in [3.63, 3.8) is 0 Å². The number of piperidine rings is 1. The fourth-order valence-electron chi connectivity index (χ4n) is 5.50. The van der Waals surface area contributed by atoms with Crippen LogP contribution in [0.2, 0.25) is 0 Å². The number of ether oxygens (including phenoxy) is 1. The second kappa shape index (κ2) is 11.3. The highest BCUT2D eigenvalue weighted by atomic mass is 16.6. The molecule has 1 amide bonds. The maximum absolute atomic E-state index is 12.3. The summed E-state index contributed by atoms with van der Waals surface area (Å²) in [6.45, 7) is 6.29. The van der Waals surface area contributed by atoms with Crippen molar-refractivity contribution >= 4 is 12.1 Å². The Bertz CT molecular complexity index is 776. The summed E-state index contributed by atoms with van der Waals surface area (Å²) in [7, 11) is 1.84. The molecule has 3 aliphatic heterocycles. The predicted octanol–water partition coefficient (Wildman–Crippen LogP) is 2.55. The van der Waals surface area contributed by atoms with Crippen LogP contribution in [-0.4, -0.2) is 102 Å². The van der Waals surface area contributed by atoms with Crippen LogP contribution in [0.25, 0.3) is 0 Å². The van der Waals surface area contributed by atoms with Gasteiger partial charge in [-0.25, -0.2) is 4.79 Å². The zero-order valence-electron chi connectivity index (χ0n) is 19.8. The minimum Gasteiger partial charge on any atom is -0.480 e. The van der Waals surface area contributed by atoms with Crippen molar-refractivity contribution in [2.45, 2.75) is 50.9 Å². The van der Waals surface area contributed by atoms with Crippen LogP contribution in [0.15, 0.2) is 30.3 Å². The Hall–Kier alpha value is -2.16. The second-order valence-corrected chi connectivity index (χ2v) is 9.79.